The number of thiophene rings is 1. The number of carbonyl (C=O) groups is 3. The molecule has 0 aliphatic carbocycles. The lowest BCUT2D eigenvalue weighted by atomic mass is 10.0. The van der Waals surface area contributed by atoms with Crippen LogP contribution in [0.1, 0.15) is 11.8 Å². The summed E-state index contributed by atoms with van der Waals surface area (Å²) in [6, 6.07) is 2.86. The molecule has 3 amide bonds. The van der Waals surface area contributed by atoms with Crippen molar-refractivity contribution >= 4 is 29.1 Å². The van der Waals surface area contributed by atoms with Crippen LogP contribution in [0.25, 0.3) is 0 Å². The van der Waals surface area contributed by atoms with Crippen LogP contribution in [0.15, 0.2) is 17.5 Å². The van der Waals surface area contributed by atoms with Crippen LogP contribution in [-0.2, 0) is 20.8 Å². The first kappa shape index (κ1) is 14.1. The second-order valence-corrected chi connectivity index (χ2v) is 6.39. The van der Waals surface area contributed by atoms with Gasteiger partial charge < -0.3 is 15.1 Å². The molecule has 6 nitrogen and oxygen atoms in total. The number of amides is 3. The molecule has 0 aromatic carbocycles. The van der Waals surface area contributed by atoms with Gasteiger partial charge in [0.2, 0.25) is 17.7 Å². The number of fused-ring (bicyclic) bond motifs is 1. The van der Waals surface area contributed by atoms with E-state index >= 15 is 0 Å². The lowest BCUT2D eigenvalue weighted by Gasteiger charge is -2.45. The van der Waals surface area contributed by atoms with Crippen LogP contribution >= 0.6 is 11.3 Å². The topological polar surface area (TPSA) is 69.7 Å². The average molecular weight is 307 g/mol. The van der Waals surface area contributed by atoms with Crippen molar-refractivity contribution in [3.05, 3.63) is 22.4 Å². The number of hydrogen-bond donors (Lipinski definition) is 1. The van der Waals surface area contributed by atoms with Crippen molar-refractivity contribution in [2.24, 2.45) is 0 Å². The molecule has 2 aliphatic rings. The molecule has 1 aromatic rings. The SMILES string of the molecule is CC(=O)N1CCN2C(=O)[C@H](Cc3cccs3)NC(=O)[C@H]2C1. The molecule has 112 valence electrons. The van der Waals surface area contributed by atoms with Gasteiger partial charge in [0.25, 0.3) is 0 Å². The molecule has 1 N–H and O–H groups in total. The van der Waals surface area contributed by atoms with E-state index in [0.717, 1.165) is 4.88 Å². The third kappa shape index (κ3) is 2.65. The minimum atomic E-state index is -0.547. The van der Waals surface area contributed by atoms with Crippen molar-refractivity contribution in [1.29, 1.82) is 0 Å². The first-order valence-corrected chi connectivity index (χ1v) is 7.83. The Hall–Kier alpha value is -1.89. The third-order valence-electron chi connectivity index (χ3n) is 4.01. The van der Waals surface area contributed by atoms with Crippen LogP contribution in [0, 0.1) is 0 Å². The van der Waals surface area contributed by atoms with Crippen LogP contribution in [0.4, 0.5) is 0 Å². The molecular formula is C14H17N3O3S. The zero-order chi connectivity index (χ0) is 15.0. The van der Waals surface area contributed by atoms with E-state index in [-0.39, 0.29) is 17.7 Å². The maximum absolute atomic E-state index is 12.5. The fourth-order valence-electron chi connectivity index (χ4n) is 2.86. The standard InChI is InChI=1S/C14H17N3O3S/c1-9(18)16-4-5-17-12(8-16)13(19)15-11(14(17)20)7-10-3-2-6-21-10/h2-3,6,11-12H,4-5,7-8H2,1H3,(H,15,19)/t11-,12+/m0/s1. The molecule has 0 bridgehead atoms. The lowest BCUT2D eigenvalue weighted by molar-refractivity contribution is -0.155. The molecule has 7 heteroatoms. The van der Waals surface area contributed by atoms with Crippen LogP contribution < -0.4 is 5.32 Å². The largest absolute Gasteiger partial charge is 0.342 e. The summed E-state index contributed by atoms with van der Waals surface area (Å²) in [6.45, 7) is 2.70. The Labute approximate surface area is 126 Å². The fourth-order valence-corrected chi connectivity index (χ4v) is 3.61. The van der Waals surface area contributed by atoms with Crippen molar-refractivity contribution in [3.8, 4) is 0 Å². The van der Waals surface area contributed by atoms with Gasteiger partial charge in [-0.2, -0.15) is 0 Å². The van der Waals surface area contributed by atoms with Crippen molar-refractivity contribution in [2.75, 3.05) is 19.6 Å². The van der Waals surface area contributed by atoms with E-state index in [1.54, 1.807) is 21.1 Å². The number of rotatable bonds is 2. The highest BCUT2D eigenvalue weighted by atomic mass is 32.1. The second-order valence-electron chi connectivity index (χ2n) is 5.36. The van der Waals surface area contributed by atoms with Crippen molar-refractivity contribution in [1.82, 2.24) is 15.1 Å². The quantitative estimate of drug-likeness (QED) is 0.826. The highest BCUT2D eigenvalue weighted by Gasteiger charge is 2.43. The molecule has 2 aliphatic heterocycles. The van der Waals surface area contributed by atoms with Crippen molar-refractivity contribution in [2.45, 2.75) is 25.4 Å². The smallest absolute Gasteiger partial charge is 0.246 e. The van der Waals surface area contributed by atoms with Crippen molar-refractivity contribution in [3.63, 3.8) is 0 Å². The number of hydrogen-bond acceptors (Lipinski definition) is 4. The van der Waals surface area contributed by atoms with Gasteiger partial charge in [0.1, 0.15) is 12.1 Å². The Morgan fingerprint density at radius 2 is 2.24 bits per heavy atom. The number of nitrogens with one attached hydrogen (secondary N) is 1. The minimum Gasteiger partial charge on any atom is -0.342 e. The Balaban J connectivity index is 1.73. The number of piperazine rings is 2. The van der Waals surface area contributed by atoms with Gasteiger partial charge in [-0.05, 0) is 11.4 Å². The molecule has 2 atom stereocenters. The summed E-state index contributed by atoms with van der Waals surface area (Å²) in [4.78, 5) is 40.5. The van der Waals surface area contributed by atoms with Gasteiger partial charge in [0.05, 0.1) is 6.54 Å². The minimum absolute atomic E-state index is 0.0452. The maximum Gasteiger partial charge on any atom is 0.246 e. The van der Waals surface area contributed by atoms with E-state index < -0.39 is 12.1 Å². The highest BCUT2D eigenvalue weighted by molar-refractivity contribution is 7.09. The Bertz CT molecular complexity index is 572. The van der Waals surface area contributed by atoms with E-state index in [1.165, 1.54) is 6.92 Å². The van der Waals surface area contributed by atoms with E-state index in [9.17, 15) is 14.4 Å². The summed E-state index contributed by atoms with van der Waals surface area (Å²) in [5.41, 5.74) is 0. The molecule has 3 rings (SSSR count). The summed E-state index contributed by atoms with van der Waals surface area (Å²) >= 11 is 1.58. The molecule has 0 radical (unpaired) electrons. The van der Waals surface area contributed by atoms with E-state index in [1.807, 2.05) is 17.5 Å². The van der Waals surface area contributed by atoms with Crippen molar-refractivity contribution < 1.29 is 14.4 Å². The Kier molecular flexibility index (Phi) is 3.67. The van der Waals surface area contributed by atoms with Gasteiger partial charge >= 0.3 is 0 Å². The molecule has 0 unspecified atom stereocenters. The molecule has 2 fully saturated rings. The summed E-state index contributed by atoms with van der Waals surface area (Å²) in [5, 5.41) is 4.76. The summed E-state index contributed by atoms with van der Waals surface area (Å²) in [5.74, 6) is -0.270. The highest BCUT2D eigenvalue weighted by Crippen LogP contribution is 2.20. The summed E-state index contributed by atoms with van der Waals surface area (Å²) in [6.07, 6.45) is 0.530. The zero-order valence-electron chi connectivity index (χ0n) is 11.7. The molecule has 0 saturated carbocycles. The van der Waals surface area contributed by atoms with Gasteiger partial charge in [0.15, 0.2) is 0 Å². The molecule has 3 heterocycles. The number of carbonyl (C=O) groups excluding carboxylic acids is 3. The third-order valence-corrected chi connectivity index (χ3v) is 4.91. The van der Waals surface area contributed by atoms with Gasteiger partial charge in [0, 0.05) is 31.3 Å². The van der Waals surface area contributed by atoms with Crippen LogP contribution in [0.3, 0.4) is 0 Å². The maximum atomic E-state index is 12.5. The molecule has 0 spiro atoms. The van der Waals surface area contributed by atoms with Gasteiger partial charge in [-0.1, -0.05) is 6.07 Å². The molecule has 1 aromatic heterocycles. The van der Waals surface area contributed by atoms with Gasteiger partial charge in [-0.25, -0.2) is 0 Å². The summed E-state index contributed by atoms with van der Waals surface area (Å²) in [7, 11) is 0. The predicted octanol–water partition coefficient (Wildman–Crippen LogP) is -0.152. The lowest BCUT2D eigenvalue weighted by Crippen LogP contribution is -2.69. The van der Waals surface area contributed by atoms with Gasteiger partial charge in [-0.3, -0.25) is 14.4 Å². The average Bonchev–Trinajstić information content (AvgIpc) is 2.97. The Morgan fingerprint density at radius 3 is 2.90 bits per heavy atom. The zero-order valence-corrected chi connectivity index (χ0v) is 12.6. The Morgan fingerprint density at radius 1 is 1.43 bits per heavy atom. The fraction of sp³-hybridized carbons (Fsp3) is 0.500. The number of nitrogens with zero attached hydrogens (tertiary/aromatic N) is 2. The van der Waals surface area contributed by atoms with Crippen LogP contribution in [-0.4, -0.2) is 59.2 Å². The monoisotopic (exact) mass is 307 g/mol. The van der Waals surface area contributed by atoms with E-state index in [2.05, 4.69) is 5.32 Å². The molecule has 2 saturated heterocycles. The van der Waals surface area contributed by atoms with Crippen LogP contribution in [0.2, 0.25) is 0 Å². The summed E-state index contributed by atoms with van der Waals surface area (Å²) < 4.78 is 0. The van der Waals surface area contributed by atoms with E-state index in [0.29, 0.717) is 26.1 Å². The first-order valence-electron chi connectivity index (χ1n) is 6.95. The molecular weight excluding hydrogens is 290 g/mol. The first-order chi connectivity index (χ1) is 10.1. The second kappa shape index (κ2) is 5.48. The van der Waals surface area contributed by atoms with Crippen LogP contribution in [0.5, 0.6) is 0 Å². The normalized spacial score (nSPS) is 25.6. The van der Waals surface area contributed by atoms with E-state index in [4.69, 9.17) is 0 Å². The van der Waals surface area contributed by atoms with Gasteiger partial charge in [-0.15, -0.1) is 11.3 Å². The molecule has 21 heavy (non-hydrogen) atoms. The predicted molar refractivity (Wildman–Crippen MR) is 77.7 cm³/mol.